The lowest BCUT2D eigenvalue weighted by Crippen LogP contribution is -2.23. The number of fused-ring (bicyclic) bond motifs is 1. The number of carbonyl (C=O) groups is 1. The maximum atomic E-state index is 12.0. The summed E-state index contributed by atoms with van der Waals surface area (Å²) in [5, 5.41) is 7.31. The summed E-state index contributed by atoms with van der Waals surface area (Å²) >= 11 is 11.9. The first-order chi connectivity index (χ1) is 12.1. The zero-order valence-corrected chi connectivity index (χ0v) is 16.5. The van der Waals surface area contributed by atoms with E-state index in [-0.39, 0.29) is 18.3 Å². The van der Waals surface area contributed by atoms with Crippen LogP contribution in [-0.4, -0.2) is 12.5 Å². The molecule has 2 N–H and O–H groups in total. The molecule has 0 bridgehead atoms. The van der Waals surface area contributed by atoms with Gasteiger partial charge in [0.1, 0.15) is 5.75 Å². The summed E-state index contributed by atoms with van der Waals surface area (Å²) < 4.78 is 5.58. The Morgan fingerprint density at radius 2 is 1.92 bits per heavy atom. The van der Waals surface area contributed by atoms with Crippen molar-refractivity contribution < 1.29 is 9.53 Å². The number of rotatable bonds is 7. The topological polar surface area (TPSA) is 50.4 Å². The van der Waals surface area contributed by atoms with Crippen LogP contribution in [0.3, 0.4) is 0 Å². The number of halogens is 3. The van der Waals surface area contributed by atoms with Gasteiger partial charge in [-0.25, -0.2) is 0 Å². The van der Waals surface area contributed by atoms with E-state index < -0.39 is 0 Å². The van der Waals surface area contributed by atoms with Crippen LogP contribution in [0.5, 0.6) is 5.75 Å². The molecule has 0 aromatic heterocycles. The van der Waals surface area contributed by atoms with Crippen LogP contribution >= 0.6 is 35.6 Å². The molecule has 2 aromatic carbocycles. The van der Waals surface area contributed by atoms with Crippen molar-refractivity contribution in [2.75, 3.05) is 6.61 Å². The second kappa shape index (κ2) is 10.0. The van der Waals surface area contributed by atoms with Crippen LogP contribution in [0.1, 0.15) is 29.5 Å². The number of ether oxygens (including phenoxy) is 1. The maximum absolute atomic E-state index is 12.0. The Morgan fingerprint density at radius 1 is 1.12 bits per heavy atom. The van der Waals surface area contributed by atoms with E-state index in [0.717, 1.165) is 18.7 Å². The summed E-state index contributed by atoms with van der Waals surface area (Å²) in [7, 11) is 0. The van der Waals surface area contributed by atoms with Gasteiger partial charge < -0.3 is 15.4 Å². The van der Waals surface area contributed by atoms with Gasteiger partial charge in [-0.3, -0.25) is 4.79 Å². The molecule has 0 unspecified atom stereocenters. The Kier molecular flexibility index (Phi) is 8.04. The van der Waals surface area contributed by atoms with Gasteiger partial charge in [0.2, 0.25) is 5.91 Å². The van der Waals surface area contributed by atoms with Crippen LogP contribution in [0.15, 0.2) is 36.4 Å². The fourth-order valence-electron chi connectivity index (χ4n) is 2.75. The van der Waals surface area contributed by atoms with Crippen LogP contribution in [0.2, 0.25) is 10.0 Å². The van der Waals surface area contributed by atoms with Gasteiger partial charge in [0.25, 0.3) is 0 Å². The van der Waals surface area contributed by atoms with E-state index in [4.69, 9.17) is 27.9 Å². The summed E-state index contributed by atoms with van der Waals surface area (Å²) in [6.07, 6.45) is 1.04. The van der Waals surface area contributed by atoms with Gasteiger partial charge >= 0.3 is 0 Å². The molecule has 4 nitrogen and oxygen atoms in total. The van der Waals surface area contributed by atoms with E-state index in [1.54, 1.807) is 18.2 Å². The van der Waals surface area contributed by atoms with Gasteiger partial charge in [0, 0.05) is 31.1 Å². The molecular formula is C19H21Cl3N2O2. The van der Waals surface area contributed by atoms with E-state index in [9.17, 15) is 4.79 Å². The van der Waals surface area contributed by atoms with E-state index in [0.29, 0.717) is 41.8 Å². The molecule has 0 spiro atoms. The van der Waals surface area contributed by atoms with Gasteiger partial charge in [-0.2, -0.15) is 0 Å². The Balaban J connectivity index is 0.00000243. The standard InChI is InChI=1S/C19H20Cl2N2O2.ClH/c20-16-5-6-18(17(21)9-16)25-7-1-2-19(24)23-10-13-3-4-14-11-22-12-15(14)8-13;/h3-6,8-9,22H,1-2,7,10-12H2,(H,23,24);1H. The summed E-state index contributed by atoms with van der Waals surface area (Å²) in [4.78, 5) is 12.0. The molecule has 140 valence electrons. The highest BCUT2D eigenvalue weighted by Crippen LogP contribution is 2.27. The zero-order chi connectivity index (χ0) is 17.6. The van der Waals surface area contributed by atoms with Crippen molar-refractivity contribution in [1.82, 2.24) is 10.6 Å². The highest BCUT2D eigenvalue weighted by Gasteiger charge is 2.10. The minimum atomic E-state index is 0. The van der Waals surface area contributed by atoms with E-state index >= 15 is 0 Å². The average Bonchev–Trinajstić information content (AvgIpc) is 3.06. The summed E-state index contributed by atoms with van der Waals surface area (Å²) in [5.41, 5.74) is 3.79. The average molecular weight is 416 g/mol. The molecule has 1 aliphatic heterocycles. The lowest BCUT2D eigenvalue weighted by molar-refractivity contribution is -0.121. The molecule has 3 rings (SSSR count). The Bertz CT molecular complexity index is 768. The number of carbonyl (C=O) groups excluding carboxylic acids is 1. The number of hydrogen-bond donors (Lipinski definition) is 2. The molecule has 0 radical (unpaired) electrons. The SMILES string of the molecule is Cl.O=C(CCCOc1ccc(Cl)cc1Cl)NCc1ccc2c(c1)CNC2. The molecule has 1 heterocycles. The summed E-state index contributed by atoms with van der Waals surface area (Å²) in [5.74, 6) is 0.600. The molecule has 0 atom stereocenters. The molecule has 7 heteroatoms. The molecule has 1 amide bonds. The smallest absolute Gasteiger partial charge is 0.220 e. The molecule has 26 heavy (non-hydrogen) atoms. The Labute approximate surface area is 169 Å². The predicted molar refractivity (Wildman–Crippen MR) is 107 cm³/mol. The van der Waals surface area contributed by atoms with Gasteiger partial charge in [-0.05, 0) is 41.3 Å². The molecule has 1 aliphatic rings. The van der Waals surface area contributed by atoms with Crippen molar-refractivity contribution in [1.29, 1.82) is 0 Å². The van der Waals surface area contributed by atoms with E-state index in [1.807, 2.05) is 0 Å². The molecule has 2 aromatic rings. The first kappa shape index (κ1) is 20.8. The molecule has 0 saturated heterocycles. The summed E-state index contributed by atoms with van der Waals surface area (Å²) in [6.45, 7) is 2.82. The molecule has 0 aliphatic carbocycles. The maximum Gasteiger partial charge on any atom is 0.220 e. The van der Waals surface area contributed by atoms with Gasteiger partial charge in [0.15, 0.2) is 0 Å². The number of benzene rings is 2. The van der Waals surface area contributed by atoms with Crippen LogP contribution < -0.4 is 15.4 Å². The third kappa shape index (κ3) is 5.78. The lowest BCUT2D eigenvalue weighted by Gasteiger charge is -2.09. The predicted octanol–water partition coefficient (Wildman–Crippen LogP) is 4.49. The largest absolute Gasteiger partial charge is 0.492 e. The van der Waals surface area contributed by atoms with Crippen molar-refractivity contribution in [3.63, 3.8) is 0 Å². The normalized spacial score (nSPS) is 12.2. The monoisotopic (exact) mass is 414 g/mol. The fraction of sp³-hybridized carbons (Fsp3) is 0.316. The van der Waals surface area contributed by atoms with Crippen molar-refractivity contribution >= 4 is 41.5 Å². The quantitative estimate of drug-likeness (QED) is 0.655. The lowest BCUT2D eigenvalue weighted by atomic mass is 10.1. The van der Waals surface area contributed by atoms with Gasteiger partial charge in [-0.15, -0.1) is 12.4 Å². The molecule has 0 saturated carbocycles. The van der Waals surface area contributed by atoms with Crippen molar-refractivity contribution in [2.24, 2.45) is 0 Å². The third-order valence-electron chi connectivity index (χ3n) is 4.09. The van der Waals surface area contributed by atoms with Crippen LogP contribution in [0.4, 0.5) is 0 Å². The Hall–Kier alpha value is -1.46. The van der Waals surface area contributed by atoms with Gasteiger partial charge in [-0.1, -0.05) is 41.4 Å². The van der Waals surface area contributed by atoms with Crippen LogP contribution in [0, 0.1) is 0 Å². The van der Waals surface area contributed by atoms with Crippen molar-refractivity contribution in [2.45, 2.75) is 32.5 Å². The second-order valence-corrected chi connectivity index (χ2v) is 6.85. The van der Waals surface area contributed by atoms with Crippen LogP contribution in [0.25, 0.3) is 0 Å². The van der Waals surface area contributed by atoms with E-state index in [2.05, 4.69) is 28.8 Å². The van der Waals surface area contributed by atoms with Gasteiger partial charge in [0.05, 0.1) is 11.6 Å². The zero-order valence-electron chi connectivity index (χ0n) is 14.2. The number of hydrogen-bond acceptors (Lipinski definition) is 3. The Morgan fingerprint density at radius 3 is 2.73 bits per heavy atom. The first-order valence-corrected chi connectivity index (χ1v) is 9.03. The minimum Gasteiger partial charge on any atom is -0.492 e. The second-order valence-electron chi connectivity index (χ2n) is 6.01. The van der Waals surface area contributed by atoms with Crippen LogP contribution in [-0.2, 0) is 24.4 Å². The van der Waals surface area contributed by atoms with Crippen molar-refractivity contribution in [3.05, 3.63) is 63.1 Å². The minimum absolute atomic E-state index is 0. The highest BCUT2D eigenvalue weighted by molar-refractivity contribution is 6.35. The van der Waals surface area contributed by atoms with E-state index in [1.165, 1.54) is 11.1 Å². The molecule has 0 fully saturated rings. The summed E-state index contributed by atoms with van der Waals surface area (Å²) in [6, 6.07) is 11.4. The fourth-order valence-corrected chi connectivity index (χ4v) is 3.22. The first-order valence-electron chi connectivity index (χ1n) is 8.28. The third-order valence-corrected chi connectivity index (χ3v) is 4.62. The number of amides is 1. The highest BCUT2D eigenvalue weighted by atomic mass is 35.5. The number of nitrogens with one attached hydrogen (secondary N) is 2. The molecular weight excluding hydrogens is 395 g/mol. The van der Waals surface area contributed by atoms with Crippen molar-refractivity contribution in [3.8, 4) is 5.75 Å².